The van der Waals surface area contributed by atoms with Gasteiger partial charge >= 0.3 is 0 Å². The first-order chi connectivity index (χ1) is 15.2. The van der Waals surface area contributed by atoms with Crippen LogP contribution in [0.5, 0.6) is 17.2 Å². The van der Waals surface area contributed by atoms with E-state index in [9.17, 15) is 4.79 Å². The number of ether oxygens (including phenoxy) is 4. The summed E-state index contributed by atoms with van der Waals surface area (Å²) in [6, 6.07) is 13.0. The number of hydrogen-bond acceptors (Lipinski definition) is 8. The number of morpholine rings is 1. The lowest BCUT2D eigenvalue weighted by Crippen LogP contribution is -2.44. The van der Waals surface area contributed by atoms with E-state index in [1.807, 2.05) is 31.2 Å². The van der Waals surface area contributed by atoms with Crippen LogP contribution in [0.1, 0.15) is 17.6 Å². The molecule has 2 aliphatic heterocycles. The molecular weight excluding hydrogens is 402 g/mol. The Morgan fingerprint density at radius 2 is 2.06 bits per heavy atom. The molecule has 3 heterocycles. The number of carbonyl (C=O) groups is 1. The topological polar surface area (TPSA) is 96.2 Å². The second-order valence-corrected chi connectivity index (χ2v) is 7.27. The SMILES string of the molecule is Cc1ccccc1-c1noc([C@H]2CN(C(=O)COc3ccc4c(c3)OCO4)CCO2)n1. The van der Waals surface area contributed by atoms with Gasteiger partial charge in [0.2, 0.25) is 12.6 Å². The molecule has 160 valence electrons. The number of aromatic nitrogens is 2. The Morgan fingerprint density at radius 3 is 2.97 bits per heavy atom. The smallest absolute Gasteiger partial charge is 0.260 e. The lowest BCUT2D eigenvalue weighted by molar-refractivity contribution is -0.142. The predicted molar refractivity (Wildman–Crippen MR) is 108 cm³/mol. The molecule has 1 fully saturated rings. The van der Waals surface area contributed by atoms with Crippen molar-refractivity contribution in [1.29, 1.82) is 0 Å². The van der Waals surface area contributed by atoms with E-state index in [-0.39, 0.29) is 19.3 Å². The number of benzene rings is 2. The van der Waals surface area contributed by atoms with E-state index >= 15 is 0 Å². The maximum absolute atomic E-state index is 12.7. The molecule has 31 heavy (non-hydrogen) atoms. The van der Waals surface area contributed by atoms with E-state index in [2.05, 4.69) is 10.1 Å². The van der Waals surface area contributed by atoms with Crippen LogP contribution >= 0.6 is 0 Å². The molecule has 2 aliphatic rings. The van der Waals surface area contributed by atoms with Crippen molar-refractivity contribution in [3.05, 3.63) is 53.9 Å². The van der Waals surface area contributed by atoms with Gasteiger partial charge in [-0.25, -0.2) is 0 Å². The van der Waals surface area contributed by atoms with E-state index in [0.29, 0.717) is 48.7 Å². The van der Waals surface area contributed by atoms with Gasteiger partial charge in [-0.3, -0.25) is 4.79 Å². The number of nitrogens with zero attached hydrogens (tertiary/aromatic N) is 3. The third-order valence-electron chi connectivity index (χ3n) is 5.23. The van der Waals surface area contributed by atoms with Gasteiger partial charge in [0.05, 0.1) is 13.2 Å². The minimum Gasteiger partial charge on any atom is -0.484 e. The van der Waals surface area contributed by atoms with Crippen LogP contribution < -0.4 is 14.2 Å². The first-order valence-electron chi connectivity index (χ1n) is 9.99. The summed E-state index contributed by atoms with van der Waals surface area (Å²) >= 11 is 0. The van der Waals surface area contributed by atoms with Gasteiger partial charge in [-0.2, -0.15) is 4.98 Å². The molecule has 1 saturated heterocycles. The predicted octanol–water partition coefficient (Wildman–Crippen LogP) is 2.75. The molecule has 9 nitrogen and oxygen atoms in total. The van der Waals surface area contributed by atoms with E-state index in [1.165, 1.54) is 0 Å². The van der Waals surface area contributed by atoms with Crippen LogP contribution in [0.3, 0.4) is 0 Å². The molecule has 0 unspecified atom stereocenters. The summed E-state index contributed by atoms with van der Waals surface area (Å²) < 4.78 is 27.5. The maximum atomic E-state index is 12.7. The van der Waals surface area contributed by atoms with Crippen LogP contribution in [-0.2, 0) is 9.53 Å². The van der Waals surface area contributed by atoms with Gasteiger partial charge < -0.3 is 28.4 Å². The average Bonchev–Trinajstić information content (AvgIpc) is 3.47. The van der Waals surface area contributed by atoms with Gasteiger partial charge in [-0.1, -0.05) is 29.4 Å². The first-order valence-corrected chi connectivity index (χ1v) is 9.99. The fraction of sp³-hybridized carbons (Fsp3) is 0.318. The number of hydrogen-bond donors (Lipinski definition) is 0. The molecule has 0 spiro atoms. The third-order valence-corrected chi connectivity index (χ3v) is 5.23. The van der Waals surface area contributed by atoms with Gasteiger partial charge in [-0.05, 0) is 24.6 Å². The number of carbonyl (C=O) groups excluding carboxylic acids is 1. The summed E-state index contributed by atoms with van der Waals surface area (Å²) in [5, 5.41) is 4.08. The van der Waals surface area contributed by atoms with E-state index in [4.69, 9.17) is 23.5 Å². The fourth-order valence-corrected chi connectivity index (χ4v) is 3.53. The van der Waals surface area contributed by atoms with Crippen LogP contribution in [0.2, 0.25) is 0 Å². The second-order valence-electron chi connectivity index (χ2n) is 7.27. The van der Waals surface area contributed by atoms with Crippen molar-refractivity contribution in [2.45, 2.75) is 13.0 Å². The molecule has 0 bridgehead atoms. The van der Waals surface area contributed by atoms with Crippen molar-refractivity contribution in [1.82, 2.24) is 15.0 Å². The molecule has 1 amide bonds. The summed E-state index contributed by atoms with van der Waals surface area (Å²) in [5.41, 5.74) is 1.95. The second kappa shape index (κ2) is 8.27. The Hall–Kier alpha value is -3.59. The van der Waals surface area contributed by atoms with Crippen LogP contribution in [0.25, 0.3) is 11.4 Å². The Morgan fingerprint density at radius 1 is 1.19 bits per heavy atom. The maximum Gasteiger partial charge on any atom is 0.260 e. The van der Waals surface area contributed by atoms with E-state index in [1.54, 1.807) is 23.1 Å². The molecule has 3 aromatic rings. The summed E-state index contributed by atoms with van der Waals surface area (Å²) in [6.07, 6.45) is -0.478. The van der Waals surface area contributed by atoms with E-state index < -0.39 is 6.10 Å². The van der Waals surface area contributed by atoms with Crippen molar-refractivity contribution < 1.29 is 28.3 Å². The zero-order chi connectivity index (χ0) is 21.2. The monoisotopic (exact) mass is 423 g/mol. The Bertz CT molecular complexity index is 1100. The van der Waals surface area contributed by atoms with Gasteiger partial charge in [0, 0.05) is 18.2 Å². The number of rotatable bonds is 5. The molecule has 2 aromatic carbocycles. The average molecular weight is 423 g/mol. The number of fused-ring (bicyclic) bond motifs is 1. The largest absolute Gasteiger partial charge is 0.484 e. The number of amides is 1. The van der Waals surface area contributed by atoms with Crippen molar-refractivity contribution in [3.8, 4) is 28.6 Å². The van der Waals surface area contributed by atoms with Gasteiger partial charge in [-0.15, -0.1) is 0 Å². The Balaban J connectivity index is 1.21. The highest BCUT2D eigenvalue weighted by molar-refractivity contribution is 5.78. The summed E-state index contributed by atoms with van der Waals surface area (Å²) in [7, 11) is 0. The Labute approximate surface area is 178 Å². The highest BCUT2D eigenvalue weighted by atomic mass is 16.7. The molecule has 0 radical (unpaired) electrons. The van der Waals surface area contributed by atoms with Crippen molar-refractivity contribution >= 4 is 5.91 Å². The normalized spacial score (nSPS) is 17.6. The molecule has 0 saturated carbocycles. The summed E-state index contributed by atoms with van der Waals surface area (Å²) in [4.78, 5) is 18.8. The minimum atomic E-state index is -0.478. The van der Waals surface area contributed by atoms with E-state index in [0.717, 1.165) is 11.1 Å². The zero-order valence-corrected chi connectivity index (χ0v) is 16.9. The Kier molecular flexibility index (Phi) is 5.17. The molecule has 1 aromatic heterocycles. The lowest BCUT2D eigenvalue weighted by Gasteiger charge is -2.31. The van der Waals surface area contributed by atoms with Gasteiger partial charge in [0.25, 0.3) is 11.8 Å². The molecule has 0 aliphatic carbocycles. The van der Waals surface area contributed by atoms with Crippen LogP contribution in [0.4, 0.5) is 0 Å². The molecule has 5 rings (SSSR count). The fourth-order valence-electron chi connectivity index (χ4n) is 3.53. The lowest BCUT2D eigenvalue weighted by atomic mass is 10.1. The highest BCUT2D eigenvalue weighted by Crippen LogP contribution is 2.35. The van der Waals surface area contributed by atoms with Crippen molar-refractivity contribution in [3.63, 3.8) is 0 Å². The first kappa shape index (κ1) is 19.4. The van der Waals surface area contributed by atoms with Crippen LogP contribution in [0.15, 0.2) is 47.0 Å². The molecule has 1 atom stereocenters. The zero-order valence-electron chi connectivity index (χ0n) is 16.9. The van der Waals surface area contributed by atoms with Crippen molar-refractivity contribution in [2.75, 3.05) is 33.1 Å². The van der Waals surface area contributed by atoms with Crippen molar-refractivity contribution in [2.24, 2.45) is 0 Å². The summed E-state index contributed by atoms with van der Waals surface area (Å²) in [6.45, 7) is 3.25. The van der Waals surface area contributed by atoms with Gasteiger partial charge in [0.15, 0.2) is 24.2 Å². The molecule has 9 heteroatoms. The quantitative estimate of drug-likeness (QED) is 0.618. The van der Waals surface area contributed by atoms with Crippen LogP contribution in [0, 0.1) is 6.92 Å². The third kappa shape index (κ3) is 4.04. The number of aryl methyl sites for hydroxylation is 1. The standard InChI is InChI=1S/C22H21N3O6/c1-14-4-2-3-5-16(14)21-23-22(31-24-21)19-11-25(8-9-27-19)20(26)12-28-15-6-7-17-18(10-15)30-13-29-17/h2-7,10,19H,8-9,11-13H2,1H3/t19-/m1/s1. The van der Waals surface area contributed by atoms with Gasteiger partial charge in [0.1, 0.15) is 5.75 Å². The van der Waals surface area contributed by atoms with Crippen LogP contribution in [-0.4, -0.2) is 54.0 Å². The minimum absolute atomic E-state index is 0.0926. The highest BCUT2D eigenvalue weighted by Gasteiger charge is 2.30. The summed E-state index contributed by atoms with van der Waals surface area (Å²) in [5.74, 6) is 2.53. The molecule has 0 N–H and O–H groups in total. The molecular formula is C22H21N3O6.